The van der Waals surface area contributed by atoms with Crippen LogP contribution >= 0.6 is 0 Å². The minimum atomic E-state index is -0.620. The highest BCUT2D eigenvalue weighted by Crippen LogP contribution is 2.34. The van der Waals surface area contributed by atoms with Crippen LogP contribution in [0.3, 0.4) is 0 Å². The fourth-order valence-electron chi connectivity index (χ4n) is 3.21. The van der Waals surface area contributed by atoms with Gasteiger partial charge in [-0.25, -0.2) is 4.79 Å². The topological polar surface area (TPSA) is 42.0 Å². The molecule has 1 saturated heterocycles. The Morgan fingerprint density at radius 1 is 1.25 bits per heavy atom. The van der Waals surface area contributed by atoms with Crippen LogP contribution in [-0.2, 0) is 16.0 Å². The van der Waals surface area contributed by atoms with Gasteiger partial charge in [-0.15, -0.1) is 0 Å². The fourth-order valence-corrected chi connectivity index (χ4v) is 3.21. The van der Waals surface area contributed by atoms with Gasteiger partial charge >= 0.3 is 6.09 Å². The smallest absolute Gasteiger partial charge is 0.412 e. The molecule has 1 amide bonds. The van der Waals surface area contributed by atoms with Gasteiger partial charge in [0.15, 0.2) is 0 Å². The second-order valence-electron chi connectivity index (χ2n) is 7.57. The second kappa shape index (κ2) is 7.53. The zero-order valence-electron chi connectivity index (χ0n) is 15.5. The zero-order valence-corrected chi connectivity index (χ0v) is 15.5. The van der Waals surface area contributed by atoms with Gasteiger partial charge in [-0.1, -0.05) is 30.3 Å². The van der Waals surface area contributed by atoms with Crippen molar-refractivity contribution < 1.29 is 14.3 Å². The maximum atomic E-state index is 12.4. The number of carbonyl (C=O) groups is 1. The number of carbonyl (C=O) groups excluding carboxylic acids is 1. The summed E-state index contributed by atoms with van der Waals surface area (Å²) in [4.78, 5) is 16.4. The molecule has 0 aromatic heterocycles. The van der Waals surface area contributed by atoms with E-state index in [0.717, 1.165) is 19.5 Å². The molecule has 0 aliphatic carbocycles. The monoisotopic (exact) mass is 334 g/mol. The first-order valence-corrected chi connectivity index (χ1v) is 8.56. The SMILES string of the molecule is CN(CCCOC(=O)N1C(C)(C)COC1(C)C)Cc1ccccc1. The van der Waals surface area contributed by atoms with E-state index in [2.05, 4.69) is 24.1 Å². The Labute approximate surface area is 145 Å². The van der Waals surface area contributed by atoms with Crippen molar-refractivity contribution in [3.8, 4) is 0 Å². The highest BCUT2D eigenvalue weighted by atomic mass is 16.6. The summed E-state index contributed by atoms with van der Waals surface area (Å²) in [6.07, 6.45) is 0.512. The molecule has 5 nitrogen and oxygen atoms in total. The van der Waals surface area contributed by atoms with E-state index in [1.807, 2.05) is 45.9 Å². The Hall–Kier alpha value is -1.59. The van der Waals surface area contributed by atoms with E-state index < -0.39 is 5.72 Å². The lowest BCUT2D eigenvalue weighted by Gasteiger charge is -2.36. The summed E-state index contributed by atoms with van der Waals surface area (Å²) < 4.78 is 11.2. The van der Waals surface area contributed by atoms with Gasteiger partial charge in [0, 0.05) is 13.1 Å². The minimum absolute atomic E-state index is 0.298. The Morgan fingerprint density at radius 2 is 1.92 bits per heavy atom. The summed E-state index contributed by atoms with van der Waals surface area (Å²) in [5.41, 5.74) is 0.324. The van der Waals surface area contributed by atoms with Crippen molar-refractivity contribution in [2.45, 2.75) is 51.9 Å². The highest BCUT2D eigenvalue weighted by Gasteiger charge is 2.49. The molecular formula is C19H30N2O3. The molecule has 1 aliphatic heterocycles. The van der Waals surface area contributed by atoms with E-state index in [9.17, 15) is 4.79 Å². The van der Waals surface area contributed by atoms with Crippen molar-refractivity contribution in [2.75, 3.05) is 26.8 Å². The van der Waals surface area contributed by atoms with E-state index in [1.54, 1.807) is 4.90 Å². The van der Waals surface area contributed by atoms with Crippen LogP contribution in [0.1, 0.15) is 39.7 Å². The molecule has 134 valence electrons. The van der Waals surface area contributed by atoms with Crippen LogP contribution in [-0.4, -0.2) is 54.0 Å². The molecule has 2 rings (SSSR count). The second-order valence-corrected chi connectivity index (χ2v) is 7.57. The molecule has 1 heterocycles. The number of nitrogens with zero attached hydrogens (tertiary/aromatic N) is 2. The van der Waals surface area contributed by atoms with Crippen LogP contribution in [0, 0.1) is 0 Å². The predicted molar refractivity (Wildman–Crippen MR) is 94.7 cm³/mol. The maximum absolute atomic E-state index is 12.4. The largest absolute Gasteiger partial charge is 0.449 e. The molecule has 0 saturated carbocycles. The van der Waals surface area contributed by atoms with E-state index in [-0.39, 0.29) is 11.6 Å². The quantitative estimate of drug-likeness (QED) is 0.747. The fraction of sp³-hybridized carbons (Fsp3) is 0.632. The molecular weight excluding hydrogens is 304 g/mol. The summed E-state index contributed by atoms with van der Waals surface area (Å²) in [5.74, 6) is 0. The molecule has 0 unspecified atom stereocenters. The van der Waals surface area contributed by atoms with Crippen LogP contribution in [0.25, 0.3) is 0 Å². The van der Waals surface area contributed by atoms with Gasteiger partial charge < -0.3 is 14.4 Å². The van der Waals surface area contributed by atoms with Crippen LogP contribution in [0.15, 0.2) is 30.3 Å². The van der Waals surface area contributed by atoms with Crippen molar-refractivity contribution in [2.24, 2.45) is 0 Å². The summed E-state index contributed by atoms with van der Waals surface area (Å²) >= 11 is 0. The molecule has 1 aliphatic rings. The van der Waals surface area contributed by atoms with Gasteiger partial charge in [0.2, 0.25) is 0 Å². The lowest BCUT2D eigenvalue weighted by Crippen LogP contribution is -2.52. The van der Waals surface area contributed by atoms with Gasteiger partial charge in [-0.05, 0) is 46.7 Å². The average molecular weight is 334 g/mol. The third kappa shape index (κ3) is 4.71. The van der Waals surface area contributed by atoms with Crippen molar-refractivity contribution >= 4 is 6.09 Å². The van der Waals surface area contributed by atoms with Crippen LogP contribution in [0.2, 0.25) is 0 Å². The van der Waals surface area contributed by atoms with Crippen molar-refractivity contribution in [1.29, 1.82) is 0 Å². The number of hydrogen-bond donors (Lipinski definition) is 0. The van der Waals surface area contributed by atoms with E-state index in [0.29, 0.717) is 13.2 Å². The Morgan fingerprint density at radius 3 is 2.50 bits per heavy atom. The molecule has 0 atom stereocenters. The summed E-state index contributed by atoms with van der Waals surface area (Å²) in [6.45, 7) is 10.5. The molecule has 1 fully saturated rings. The van der Waals surface area contributed by atoms with Crippen LogP contribution in [0.4, 0.5) is 4.79 Å². The maximum Gasteiger partial charge on any atom is 0.412 e. The number of rotatable bonds is 6. The third-order valence-electron chi connectivity index (χ3n) is 4.31. The lowest BCUT2D eigenvalue weighted by atomic mass is 10.0. The number of benzene rings is 1. The molecule has 0 bridgehead atoms. The molecule has 24 heavy (non-hydrogen) atoms. The Bertz CT molecular complexity index is 527. The molecule has 5 heteroatoms. The Kier molecular flexibility index (Phi) is 5.88. The molecule has 1 aromatic carbocycles. The van der Waals surface area contributed by atoms with Gasteiger partial charge in [-0.3, -0.25) is 4.90 Å². The molecule has 0 spiro atoms. The lowest BCUT2D eigenvalue weighted by molar-refractivity contribution is -0.0520. The van der Waals surface area contributed by atoms with E-state index in [4.69, 9.17) is 9.47 Å². The van der Waals surface area contributed by atoms with Crippen molar-refractivity contribution in [3.05, 3.63) is 35.9 Å². The van der Waals surface area contributed by atoms with Gasteiger partial charge in [0.25, 0.3) is 0 Å². The van der Waals surface area contributed by atoms with Gasteiger partial charge in [0.05, 0.1) is 18.8 Å². The summed E-state index contributed by atoms with van der Waals surface area (Å²) in [6, 6.07) is 10.4. The first-order valence-electron chi connectivity index (χ1n) is 8.56. The van der Waals surface area contributed by atoms with Crippen molar-refractivity contribution in [1.82, 2.24) is 9.80 Å². The number of ether oxygens (including phenoxy) is 2. The highest BCUT2D eigenvalue weighted by molar-refractivity contribution is 5.69. The number of hydrogen-bond acceptors (Lipinski definition) is 4. The van der Waals surface area contributed by atoms with Gasteiger partial charge in [0.1, 0.15) is 5.72 Å². The minimum Gasteiger partial charge on any atom is -0.449 e. The van der Waals surface area contributed by atoms with Gasteiger partial charge in [-0.2, -0.15) is 0 Å². The molecule has 1 aromatic rings. The first-order chi connectivity index (χ1) is 11.2. The zero-order chi connectivity index (χ0) is 17.8. The van der Waals surface area contributed by atoms with E-state index in [1.165, 1.54) is 5.56 Å². The predicted octanol–water partition coefficient (Wildman–Crippen LogP) is 3.49. The molecule has 0 N–H and O–H groups in total. The van der Waals surface area contributed by atoms with Crippen LogP contribution < -0.4 is 0 Å². The first kappa shape index (κ1) is 18.7. The summed E-state index contributed by atoms with van der Waals surface area (Å²) in [7, 11) is 2.08. The summed E-state index contributed by atoms with van der Waals surface area (Å²) in [5, 5.41) is 0. The third-order valence-corrected chi connectivity index (χ3v) is 4.31. The van der Waals surface area contributed by atoms with Crippen LogP contribution in [0.5, 0.6) is 0 Å². The number of amides is 1. The van der Waals surface area contributed by atoms with Crippen molar-refractivity contribution in [3.63, 3.8) is 0 Å². The average Bonchev–Trinajstić information content (AvgIpc) is 2.73. The molecule has 0 radical (unpaired) electrons. The van der Waals surface area contributed by atoms with E-state index >= 15 is 0 Å². The normalized spacial score (nSPS) is 18.8. The standard InChI is InChI=1S/C19H30N2O3/c1-18(2)15-24-19(3,4)21(18)17(22)23-13-9-12-20(5)14-16-10-7-6-8-11-16/h6-8,10-11H,9,12-15H2,1-5H3. The Balaban J connectivity index is 1.73.